The number of ether oxygens (including phenoxy) is 1. The zero-order chi connectivity index (χ0) is 22.5. The van der Waals surface area contributed by atoms with Gasteiger partial charge in [0.25, 0.3) is 6.47 Å². The van der Waals surface area contributed by atoms with Gasteiger partial charge in [0, 0.05) is 0 Å². The van der Waals surface area contributed by atoms with Gasteiger partial charge in [0.15, 0.2) is 0 Å². The fourth-order valence-electron chi connectivity index (χ4n) is 1.46. The van der Waals surface area contributed by atoms with Crippen molar-refractivity contribution in [2.75, 3.05) is 13.6 Å². The molecule has 0 heterocycles. The molecule has 5 heteroatoms. The molecule has 0 radical (unpaired) electrons. The van der Waals surface area contributed by atoms with Crippen LogP contribution >= 0.6 is 0 Å². The Kier molecular flexibility index (Phi) is 53.6. The number of carboxylic acids is 1. The van der Waals surface area contributed by atoms with Gasteiger partial charge in [-0.05, 0) is 45.1 Å². The third-order valence-corrected chi connectivity index (χ3v) is 2.37. The maximum Gasteiger partial charge on any atom is 0.317 e. The van der Waals surface area contributed by atoms with Crippen LogP contribution in [0.4, 0.5) is 0 Å². The topological polar surface area (TPSA) is 75.6 Å². The van der Waals surface area contributed by atoms with Gasteiger partial charge >= 0.3 is 5.97 Å². The molecule has 1 aliphatic rings. The Morgan fingerprint density at radius 2 is 1.59 bits per heavy atom. The van der Waals surface area contributed by atoms with Gasteiger partial charge in [0.1, 0.15) is 6.10 Å². The van der Waals surface area contributed by atoms with E-state index in [2.05, 4.69) is 39.6 Å². The largest absolute Gasteiger partial charge is 0.480 e. The second kappa shape index (κ2) is 39.6. The van der Waals surface area contributed by atoms with Crippen molar-refractivity contribution in [1.82, 2.24) is 5.32 Å². The van der Waals surface area contributed by atoms with Gasteiger partial charge in [-0.3, -0.25) is 9.59 Å². The van der Waals surface area contributed by atoms with Crippen molar-refractivity contribution in [3.63, 3.8) is 0 Å². The summed E-state index contributed by atoms with van der Waals surface area (Å²) >= 11 is 0. The molecule has 0 saturated heterocycles. The van der Waals surface area contributed by atoms with E-state index in [-0.39, 0.29) is 12.6 Å². The van der Waals surface area contributed by atoms with Crippen LogP contribution in [0, 0.1) is 5.92 Å². The van der Waals surface area contributed by atoms with E-state index in [1.165, 1.54) is 19.3 Å². The third-order valence-electron chi connectivity index (χ3n) is 2.37. The number of nitrogens with one attached hydrogen (secondary N) is 1. The lowest BCUT2D eigenvalue weighted by Crippen LogP contribution is -2.16. The van der Waals surface area contributed by atoms with Gasteiger partial charge in [-0.15, -0.1) is 6.58 Å². The molecular formula is C22H49NO4. The van der Waals surface area contributed by atoms with Gasteiger partial charge in [-0.1, -0.05) is 67.9 Å². The van der Waals surface area contributed by atoms with Crippen LogP contribution in [0.3, 0.4) is 0 Å². The van der Waals surface area contributed by atoms with Crippen molar-refractivity contribution in [2.45, 2.75) is 100 Å². The normalized spacial score (nSPS) is 11.2. The van der Waals surface area contributed by atoms with E-state index in [4.69, 9.17) is 9.84 Å². The van der Waals surface area contributed by atoms with Crippen LogP contribution in [-0.2, 0) is 14.3 Å². The average Bonchev–Trinajstić information content (AvgIpc) is 3.13. The van der Waals surface area contributed by atoms with Gasteiger partial charge in [0.05, 0.1) is 6.54 Å². The van der Waals surface area contributed by atoms with Crippen molar-refractivity contribution in [2.24, 2.45) is 5.92 Å². The summed E-state index contributed by atoms with van der Waals surface area (Å²) in [6.07, 6.45) is 9.13. The smallest absolute Gasteiger partial charge is 0.317 e. The summed E-state index contributed by atoms with van der Waals surface area (Å²) in [6, 6.07) is 0. The number of unbranched alkanes of at least 4 members (excludes halogenated alkanes) is 1. The molecule has 0 atom stereocenters. The molecular weight excluding hydrogens is 342 g/mol. The van der Waals surface area contributed by atoms with E-state index in [0.29, 0.717) is 6.47 Å². The molecule has 0 amide bonds. The van der Waals surface area contributed by atoms with E-state index in [1.54, 1.807) is 7.05 Å². The Balaban J connectivity index is -0.0000000771. The summed E-state index contributed by atoms with van der Waals surface area (Å²) < 4.78 is 4.72. The molecule has 0 aromatic heterocycles. The van der Waals surface area contributed by atoms with Gasteiger partial charge in [-0.25, -0.2) is 0 Å². The quantitative estimate of drug-likeness (QED) is 0.424. The van der Waals surface area contributed by atoms with Crippen molar-refractivity contribution in [3.8, 4) is 0 Å². The second-order valence-electron chi connectivity index (χ2n) is 5.87. The van der Waals surface area contributed by atoms with Crippen molar-refractivity contribution in [3.05, 3.63) is 12.7 Å². The Hall–Kier alpha value is -1.36. The van der Waals surface area contributed by atoms with E-state index < -0.39 is 5.97 Å². The number of allylic oxidation sites excluding steroid dienone is 1. The number of likely N-dealkylation sites (N-methyl/N-ethyl adjacent to an activating group) is 1. The first-order valence-electron chi connectivity index (χ1n) is 10.4. The van der Waals surface area contributed by atoms with Crippen LogP contribution in [0.25, 0.3) is 0 Å². The summed E-state index contributed by atoms with van der Waals surface area (Å²) in [5.41, 5.74) is 0. The minimum absolute atomic E-state index is 0.0417. The summed E-state index contributed by atoms with van der Waals surface area (Å²) in [5.74, 6) is 0.0116. The van der Waals surface area contributed by atoms with Crippen LogP contribution in [0.5, 0.6) is 0 Å². The van der Waals surface area contributed by atoms with Gasteiger partial charge in [-0.2, -0.15) is 0 Å². The Bertz CT molecular complexity index is 260. The van der Waals surface area contributed by atoms with Crippen molar-refractivity contribution < 1.29 is 19.4 Å². The molecule has 1 saturated carbocycles. The summed E-state index contributed by atoms with van der Waals surface area (Å²) in [6.45, 7) is 20.8. The molecule has 0 aliphatic heterocycles. The fraction of sp³-hybridized carbons (Fsp3) is 0.818. The van der Waals surface area contributed by atoms with Gasteiger partial charge in [0.2, 0.25) is 0 Å². The van der Waals surface area contributed by atoms with Crippen LogP contribution in [0.15, 0.2) is 12.7 Å². The molecule has 0 aromatic carbocycles. The lowest BCUT2D eigenvalue weighted by atomic mass is 10.3. The zero-order valence-corrected chi connectivity index (χ0v) is 19.6. The SMILES string of the molecule is C=CCCC.CC.CC.CC(C)C.CNCC(=O)O.O=COC1CCCC1. The molecule has 0 bridgehead atoms. The average molecular weight is 392 g/mol. The summed E-state index contributed by atoms with van der Waals surface area (Å²) in [4.78, 5) is 19.3. The number of rotatable bonds is 6. The van der Waals surface area contributed by atoms with E-state index in [9.17, 15) is 9.59 Å². The van der Waals surface area contributed by atoms with Crippen LogP contribution < -0.4 is 5.32 Å². The third kappa shape index (κ3) is 67.9. The number of carboxylic acid groups (broad SMARTS) is 1. The highest BCUT2D eigenvalue weighted by Gasteiger charge is 2.14. The lowest BCUT2D eigenvalue weighted by molar-refractivity contribution is -0.136. The predicted molar refractivity (Wildman–Crippen MR) is 119 cm³/mol. The molecule has 1 fully saturated rings. The standard InChI is InChI=1S/C6H10O2.C5H10.C4H10.C3H7NO2.2C2H6/c7-5-8-6-3-1-2-4-6;1-3-5-4-2;1-4(2)3;1-4-2-3(5)6;2*1-2/h5-6H,1-4H2;3H,1,4-5H2,2H3;4H,1-3H3;4H,2H2,1H3,(H,5,6);2*1-2H3. The molecule has 166 valence electrons. The highest BCUT2D eigenvalue weighted by atomic mass is 16.5. The monoisotopic (exact) mass is 391 g/mol. The van der Waals surface area contributed by atoms with Gasteiger partial charge < -0.3 is 15.2 Å². The Morgan fingerprint density at radius 3 is 1.74 bits per heavy atom. The van der Waals surface area contributed by atoms with E-state index in [0.717, 1.165) is 25.2 Å². The molecule has 2 N–H and O–H groups in total. The van der Waals surface area contributed by atoms with Crippen molar-refractivity contribution >= 4 is 12.4 Å². The molecule has 1 rings (SSSR count). The maximum absolute atomic E-state index is 9.74. The van der Waals surface area contributed by atoms with Crippen LogP contribution in [0.1, 0.15) is 93.9 Å². The minimum atomic E-state index is -0.822. The Labute approximate surface area is 170 Å². The van der Waals surface area contributed by atoms with Crippen LogP contribution in [0.2, 0.25) is 0 Å². The molecule has 0 unspecified atom stereocenters. The number of hydrogen-bond acceptors (Lipinski definition) is 4. The number of carbonyl (C=O) groups excluding carboxylic acids is 1. The molecule has 27 heavy (non-hydrogen) atoms. The lowest BCUT2D eigenvalue weighted by Gasteiger charge is -2.03. The minimum Gasteiger partial charge on any atom is -0.480 e. The fourth-order valence-corrected chi connectivity index (χ4v) is 1.46. The predicted octanol–water partition coefficient (Wildman–Crippen LogP) is 6.08. The first-order valence-corrected chi connectivity index (χ1v) is 10.4. The van der Waals surface area contributed by atoms with E-state index >= 15 is 0 Å². The highest BCUT2D eigenvalue weighted by molar-refractivity contribution is 5.68. The maximum atomic E-state index is 9.74. The Morgan fingerprint density at radius 1 is 1.19 bits per heavy atom. The molecule has 0 spiro atoms. The first kappa shape index (κ1) is 36.5. The van der Waals surface area contributed by atoms with Crippen LogP contribution in [-0.4, -0.2) is 37.2 Å². The highest BCUT2D eigenvalue weighted by Crippen LogP contribution is 2.19. The second-order valence-corrected chi connectivity index (χ2v) is 5.87. The molecule has 0 aromatic rings. The zero-order valence-electron chi connectivity index (χ0n) is 19.6. The van der Waals surface area contributed by atoms with Crippen molar-refractivity contribution in [1.29, 1.82) is 0 Å². The summed E-state index contributed by atoms with van der Waals surface area (Å²) in [7, 11) is 1.59. The van der Waals surface area contributed by atoms with E-state index in [1.807, 2.05) is 33.8 Å². The molecule has 5 nitrogen and oxygen atoms in total. The number of aliphatic carboxylic acids is 1. The first-order chi connectivity index (χ1) is 12.8. The number of hydrogen-bond donors (Lipinski definition) is 2. The molecule has 1 aliphatic carbocycles. The summed E-state index contributed by atoms with van der Waals surface area (Å²) in [5, 5.41) is 10.3. The number of carbonyl (C=O) groups is 2.